The van der Waals surface area contributed by atoms with Crippen LogP contribution in [0.5, 0.6) is 0 Å². The Kier molecular flexibility index (Phi) is 9.75. The number of carbonyl (C=O) groups excluding carboxylic acids is 2. The highest BCUT2D eigenvalue weighted by molar-refractivity contribution is 7.10. The number of rotatable bonds is 11. The molecule has 0 saturated heterocycles. The van der Waals surface area contributed by atoms with Crippen LogP contribution in [0.3, 0.4) is 0 Å². The highest BCUT2D eigenvalue weighted by atomic mass is 32.1. The van der Waals surface area contributed by atoms with Crippen LogP contribution in [-0.4, -0.2) is 43.8 Å². The fourth-order valence-corrected chi connectivity index (χ4v) is 5.66. The van der Waals surface area contributed by atoms with Crippen LogP contribution in [0.1, 0.15) is 44.9 Å². The van der Waals surface area contributed by atoms with Crippen molar-refractivity contribution < 1.29 is 37.7 Å². The standard InChI is InChI=1S/C32H25F2N5O6S/c1-20(29-38-28(15-46-29)23-6-2-21(13-35)3-7-23)32(16-39-18-36-17-37-39,26-11-10-25(33)12-27(26)34)45-31(42)44-19-43-30(41)24-8-4-22(14-40)5-9-24/h2-12,15,17-18,20,40H,14,16,19H2,1H3/t20?,32-/m1/s1. The van der Waals surface area contributed by atoms with Crippen molar-refractivity contribution >= 4 is 23.5 Å². The van der Waals surface area contributed by atoms with Gasteiger partial charge >= 0.3 is 12.1 Å². The SMILES string of the molecule is CC(c1nc(-c2ccc(C#N)cc2)cs1)[C@@](Cn1cncn1)(OC(=O)OCOC(=O)c1ccc(CO)cc1)c1ccc(F)cc1F. The van der Waals surface area contributed by atoms with Crippen molar-refractivity contribution in [2.45, 2.75) is 31.6 Å². The molecule has 0 aliphatic carbocycles. The Bertz CT molecular complexity index is 1860. The van der Waals surface area contributed by atoms with Gasteiger partial charge in [0.25, 0.3) is 0 Å². The summed E-state index contributed by atoms with van der Waals surface area (Å²) in [6, 6.07) is 17.6. The molecule has 11 nitrogen and oxygen atoms in total. The lowest BCUT2D eigenvalue weighted by Gasteiger charge is -2.37. The lowest BCUT2D eigenvalue weighted by atomic mass is 9.81. The van der Waals surface area contributed by atoms with Crippen molar-refractivity contribution in [1.29, 1.82) is 5.26 Å². The molecule has 234 valence electrons. The third kappa shape index (κ3) is 7.06. The molecular formula is C32H25F2N5O6S. The molecule has 5 rings (SSSR count). The van der Waals surface area contributed by atoms with E-state index >= 15 is 4.39 Å². The monoisotopic (exact) mass is 645 g/mol. The average molecular weight is 646 g/mol. The number of halogens is 2. The maximum Gasteiger partial charge on any atom is 0.512 e. The van der Waals surface area contributed by atoms with Gasteiger partial charge in [-0.2, -0.15) is 10.4 Å². The summed E-state index contributed by atoms with van der Waals surface area (Å²) in [5, 5.41) is 24.6. The van der Waals surface area contributed by atoms with E-state index in [9.17, 15) is 19.1 Å². The van der Waals surface area contributed by atoms with Gasteiger partial charge in [0.05, 0.1) is 42.0 Å². The van der Waals surface area contributed by atoms with E-state index in [2.05, 4.69) is 16.2 Å². The number of aliphatic hydroxyl groups excluding tert-OH is 1. The molecule has 0 radical (unpaired) electrons. The van der Waals surface area contributed by atoms with Crippen molar-refractivity contribution in [2.75, 3.05) is 6.79 Å². The molecule has 5 aromatic rings. The van der Waals surface area contributed by atoms with Crippen LogP contribution in [0.15, 0.2) is 84.8 Å². The van der Waals surface area contributed by atoms with Gasteiger partial charge in [-0.3, -0.25) is 0 Å². The number of nitrogens with zero attached hydrogens (tertiary/aromatic N) is 5. The van der Waals surface area contributed by atoms with Crippen LogP contribution >= 0.6 is 11.3 Å². The Morgan fingerprint density at radius 2 is 1.85 bits per heavy atom. The number of hydrogen-bond acceptors (Lipinski definition) is 11. The predicted octanol–water partition coefficient (Wildman–Crippen LogP) is 5.71. The van der Waals surface area contributed by atoms with Gasteiger partial charge in [-0.1, -0.05) is 31.2 Å². The summed E-state index contributed by atoms with van der Waals surface area (Å²) in [6.07, 6.45) is 1.27. The summed E-state index contributed by atoms with van der Waals surface area (Å²) >= 11 is 1.22. The third-order valence-corrected chi connectivity index (χ3v) is 8.18. The first-order valence-corrected chi connectivity index (χ1v) is 14.6. The fraction of sp³-hybridized carbons (Fsp3) is 0.188. The van der Waals surface area contributed by atoms with Gasteiger partial charge < -0.3 is 19.3 Å². The summed E-state index contributed by atoms with van der Waals surface area (Å²) in [6.45, 7) is 0.337. The average Bonchev–Trinajstić information content (AvgIpc) is 3.77. The van der Waals surface area contributed by atoms with E-state index in [1.54, 1.807) is 36.6 Å². The van der Waals surface area contributed by atoms with Gasteiger partial charge in [-0.25, -0.2) is 33.0 Å². The molecule has 2 heterocycles. The van der Waals surface area contributed by atoms with E-state index in [0.29, 0.717) is 27.9 Å². The summed E-state index contributed by atoms with van der Waals surface area (Å²) in [5.41, 5.74) is 0.383. The van der Waals surface area contributed by atoms with Crippen LogP contribution in [-0.2, 0) is 33.0 Å². The molecule has 0 bridgehead atoms. The maximum atomic E-state index is 15.6. The highest BCUT2D eigenvalue weighted by Gasteiger charge is 2.47. The van der Waals surface area contributed by atoms with E-state index < -0.39 is 42.1 Å². The van der Waals surface area contributed by atoms with E-state index in [1.807, 2.05) is 0 Å². The number of hydrogen-bond donors (Lipinski definition) is 1. The first kappa shape index (κ1) is 31.9. The zero-order valence-corrected chi connectivity index (χ0v) is 25.0. The molecule has 0 aliphatic heterocycles. The number of carbonyl (C=O) groups is 2. The van der Waals surface area contributed by atoms with Crippen molar-refractivity contribution in [1.82, 2.24) is 19.7 Å². The molecule has 14 heteroatoms. The minimum Gasteiger partial charge on any atom is -0.424 e. The molecule has 0 amide bonds. The van der Waals surface area contributed by atoms with Crippen LogP contribution in [0.25, 0.3) is 11.3 Å². The number of aromatic nitrogens is 4. The second-order valence-electron chi connectivity index (χ2n) is 9.99. The third-order valence-electron chi connectivity index (χ3n) is 7.16. The molecule has 2 atom stereocenters. The zero-order chi connectivity index (χ0) is 32.7. The predicted molar refractivity (Wildman–Crippen MR) is 159 cm³/mol. The fourth-order valence-electron chi connectivity index (χ4n) is 4.69. The molecule has 0 fully saturated rings. The molecule has 0 spiro atoms. The van der Waals surface area contributed by atoms with E-state index in [-0.39, 0.29) is 24.3 Å². The molecule has 1 N–H and O–H groups in total. The number of nitriles is 1. The lowest BCUT2D eigenvalue weighted by molar-refractivity contribution is -0.0881. The number of benzene rings is 3. The Hall–Kier alpha value is -5.52. The topological polar surface area (TPSA) is 149 Å². The number of thiazole rings is 1. The van der Waals surface area contributed by atoms with Gasteiger partial charge in [-0.05, 0) is 42.0 Å². The van der Waals surface area contributed by atoms with E-state index in [4.69, 9.17) is 24.5 Å². The van der Waals surface area contributed by atoms with Crippen molar-refractivity contribution in [3.63, 3.8) is 0 Å². The first-order chi connectivity index (χ1) is 22.2. The first-order valence-electron chi connectivity index (χ1n) is 13.7. The molecule has 46 heavy (non-hydrogen) atoms. The molecule has 0 saturated carbocycles. The largest absolute Gasteiger partial charge is 0.512 e. The second kappa shape index (κ2) is 14.1. The molecule has 0 aliphatic rings. The van der Waals surface area contributed by atoms with E-state index in [1.165, 1.54) is 52.9 Å². The second-order valence-corrected chi connectivity index (χ2v) is 10.9. The Morgan fingerprint density at radius 1 is 1.09 bits per heavy atom. The smallest absolute Gasteiger partial charge is 0.424 e. The Labute approximate surface area is 265 Å². The normalized spacial score (nSPS) is 12.8. The van der Waals surface area contributed by atoms with Crippen LogP contribution < -0.4 is 0 Å². The quantitative estimate of drug-likeness (QED) is 0.140. The van der Waals surface area contributed by atoms with Gasteiger partial charge in [0.1, 0.15) is 29.3 Å². The van der Waals surface area contributed by atoms with Gasteiger partial charge in [0, 0.05) is 22.6 Å². The minimum absolute atomic E-state index is 0.151. The van der Waals surface area contributed by atoms with Crippen molar-refractivity contribution in [3.8, 4) is 17.3 Å². The summed E-state index contributed by atoms with van der Waals surface area (Å²) in [5.74, 6) is -3.53. The lowest BCUT2D eigenvalue weighted by Crippen LogP contribution is -2.43. The minimum atomic E-state index is -1.92. The Balaban J connectivity index is 1.45. The molecular weight excluding hydrogens is 620 g/mol. The molecule has 1 unspecified atom stereocenters. The van der Waals surface area contributed by atoms with Gasteiger partial charge in [0.15, 0.2) is 5.60 Å². The Morgan fingerprint density at radius 3 is 2.50 bits per heavy atom. The summed E-state index contributed by atoms with van der Waals surface area (Å²) < 4.78 is 47.0. The van der Waals surface area contributed by atoms with Crippen molar-refractivity contribution in [3.05, 3.63) is 124 Å². The van der Waals surface area contributed by atoms with Gasteiger partial charge in [0.2, 0.25) is 6.79 Å². The number of esters is 1. The van der Waals surface area contributed by atoms with Gasteiger partial charge in [-0.15, -0.1) is 11.3 Å². The molecule has 3 aromatic carbocycles. The number of ether oxygens (including phenoxy) is 3. The van der Waals surface area contributed by atoms with E-state index in [0.717, 1.165) is 17.7 Å². The maximum absolute atomic E-state index is 15.6. The zero-order valence-electron chi connectivity index (χ0n) is 24.2. The van der Waals surface area contributed by atoms with Crippen LogP contribution in [0.2, 0.25) is 0 Å². The van der Waals surface area contributed by atoms with Crippen molar-refractivity contribution in [2.24, 2.45) is 0 Å². The van der Waals surface area contributed by atoms with Crippen LogP contribution in [0.4, 0.5) is 13.6 Å². The summed E-state index contributed by atoms with van der Waals surface area (Å²) in [4.78, 5) is 34.3. The highest BCUT2D eigenvalue weighted by Crippen LogP contribution is 2.45. The summed E-state index contributed by atoms with van der Waals surface area (Å²) in [7, 11) is 0. The number of aliphatic hydroxyl groups is 1. The molecule has 2 aromatic heterocycles. The van der Waals surface area contributed by atoms with Crippen LogP contribution in [0, 0.1) is 23.0 Å².